The van der Waals surface area contributed by atoms with E-state index in [0.717, 1.165) is 20.8 Å². The maximum atomic E-state index is 12.1. The summed E-state index contributed by atoms with van der Waals surface area (Å²) in [6.45, 7) is 4.31. The van der Waals surface area contributed by atoms with Crippen LogP contribution in [0.2, 0.25) is 0 Å². The molecule has 0 unspecified atom stereocenters. The Morgan fingerprint density at radius 2 is 1.31 bits per heavy atom. The van der Waals surface area contributed by atoms with E-state index in [1.807, 2.05) is 0 Å². The van der Waals surface area contributed by atoms with Crippen LogP contribution >= 0.6 is 0 Å². The number of ether oxygens (including phenoxy) is 6. The van der Waals surface area contributed by atoms with Gasteiger partial charge in [-0.15, -0.1) is 0 Å². The van der Waals surface area contributed by atoms with Crippen molar-refractivity contribution >= 4 is 35.4 Å². The Morgan fingerprint density at radius 1 is 0.778 bits per heavy atom. The highest BCUT2D eigenvalue weighted by atomic mass is 16.7. The molecule has 196 valence electrons. The number of carbonyl (C=O) groups is 5. The average Bonchev–Trinajstić information content (AvgIpc) is 2.80. The first-order chi connectivity index (χ1) is 17.0. The van der Waals surface area contributed by atoms with Crippen LogP contribution in [-0.2, 0) is 52.4 Å². The maximum absolute atomic E-state index is 12.1. The lowest BCUT2D eigenvalue weighted by Gasteiger charge is -2.44. The predicted octanol–water partition coefficient (Wildman–Crippen LogP) is 1.76. The third kappa shape index (κ3) is 8.49. The quantitative estimate of drug-likeness (QED) is 0.275. The van der Waals surface area contributed by atoms with Crippen LogP contribution in [-0.4, -0.2) is 74.1 Å². The van der Waals surface area contributed by atoms with E-state index in [1.165, 1.54) is 20.1 Å². The van der Waals surface area contributed by atoms with Gasteiger partial charge < -0.3 is 28.4 Å². The van der Waals surface area contributed by atoms with Crippen molar-refractivity contribution in [3.05, 3.63) is 42.0 Å². The van der Waals surface area contributed by atoms with Crippen LogP contribution in [0, 0.1) is 0 Å². The van der Waals surface area contributed by atoms with Crippen LogP contribution in [0.3, 0.4) is 0 Å². The summed E-state index contributed by atoms with van der Waals surface area (Å²) in [6, 6.07) is 8.87. The van der Waals surface area contributed by atoms with Crippen molar-refractivity contribution in [3.63, 3.8) is 0 Å². The van der Waals surface area contributed by atoms with Gasteiger partial charge >= 0.3 is 29.8 Å². The summed E-state index contributed by atoms with van der Waals surface area (Å²) in [5, 5.41) is 0. The smallest absolute Gasteiger partial charge is 0.330 e. The van der Waals surface area contributed by atoms with Crippen LogP contribution in [0.5, 0.6) is 0 Å². The summed E-state index contributed by atoms with van der Waals surface area (Å²) < 4.78 is 32.3. The lowest BCUT2D eigenvalue weighted by atomic mass is 9.89. The molecule has 1 aliphatic heterocycles. The van der Waals surface area contributed by atoms with Crippen molar-refractivity contribution in [2.24, 2.45) is 0 Å². The first kappa shape index (κ1) is 28.5. The van der Waals surface area contributed by atoms with Crippen molar-refractivity contribution in [1.82, 2.24) is 0 Å². The minimum atomic E-state index is -1.29. The molecule has 11 heteroatoms. The molecule has 5 atom stereocenters. The van der Waals surface area contributed by atoms with E-state index in [9.17, 15) is 24.0 Å². The summed E-state index contributed by atoms with van der Waals surface area (Å²) in [4.78, 5) is 59.4. The van der Waals surface area contributed by atoms with Gasteiger partial charge in [-0.05, 0) is 11.1 Å². The maximum Gasteiger partial charge on any atom is 0.330 e. The number of carbonyl (C=O) groups excluding carboxylic acids is 5. The van der Waals surface area contributed by atoms with Crippen LogP contribution in [0.25, 0.3) is 5.57 Å². The normalized spacial score (nSPS) is 23.7. The second-order valence-corrected chi connectivity index (χ2v) is 8.00. The highest BCUT2D eigenvalue weighted by Gasteiger charge is 2.52. The van der Waals surface area contributed by atoms with Crippen LogP contribution in [0.15, 0.2) is 36.4 Å². The van der Waals surface area contributed by atoms with Crippen molar-refractivity contribution in [1.29, 1.82) is 0 Å². The summed E-state index contributed by atoms with van der Waals surface area (Å²) in [5.74, 6) is -3.39. The van der Waals surface area contributed by atoms with E-state index in [2.05, 4.69) is 0 Å². The van der Waals surface area contributed by atoms with Gasteiger partial charge in [0.2, 0.25) is 0 Å². The SMILES string of the molecule is COC(=O)/C=C(\C[C@H]1O[C@H](COC(C)=O)[C@@H](OC(C)=O)[C@H](OC(C)=O)[C@@H]1OC(C)=O)c1ccccc1. The molecule has 11 nitrogen and oxygen atoms in total. The fourth-order valence-electron chi connectivity index (χ4n) is 3.81. The van der Waals surface area contributed by atoms with Crippen LogP contribution in [0.4, 0.5) is 0 Å². The zero-order valence-electron chi connectivity index (χ0n) is 20.8. The van der Waals surface area contributed by atoms with Gasteiger partial charge in [0, 0.05) is 40.2 Å². The topological polar surface area (TPSA) is 141 Å². The molecule has 0 aliphatic carbocycles. The fraction of sp³-hybridized carbons (Fsp3) is 0.480. The molecule has 0 spiro atoms. The van der Waals surface area contributed by atoms with E-state index in [4.69, 9.17) is 28.4 Å². The molecule has 0 aromatic heterocycles. The summed E-state index contributed by atoms with van der Waals surface area (Å²) in [7, 11) is 1.23. The third-order valence-corrected chi connectivity index (χ3v) is 5.15. The summed E-state index contributed by atoms with van der Waals surface area (Å²) in [6.07, 6.45) is -4.58. The molecule has 1 aliphatic rings. The van der Waals surface area contributed by atoms with E-state index in [-0.39, 0.29) is 13.0 Å². The van der Waals surface area contributed by atoms with E-state index in [0.29, 0.717) is 11.1 Å². The van der Waals surface area contributed by atoms with Gasteiger partial charge in [-0.25, -0.2) is 4.79 Å². The second kappa shape index (κ2) is 13.4. The zero-order valence-corrected chi connectivity index (χ0v) is 20.8. The van der Waals surface area contributed by atoms with Gasteiger partial charge in [0.05, 0.1) is 7.11 Å². The van der Waals surface area contributed by atoms with Crippen LogP contribution in [0.1, 0.15) is 39.7 Å². The molecule has 0 radical (unpaired) electrons. The molecule has 36 heavy (non-hydrogen) atoms. The lowest BCUT2D eigenvalue weighted by molar-refractivity contribution is -0.251. The molecule has 0 saturated carbocycles. The molecular weight excluding hydrogens is 476 g/mol. The molecule has 0 bridgehead atoms. The second-order valence-electron chi connectivity index (χ2n) is 8.00. The monoisotopic (exact) mass is 506 g/mol. The van der Waals surface area contributed by atoms with E-state index in [1.54, 1.807) is 30.3 Å². The largest absolute Gasteiger partial charge is 0.466 e. The Labute approximate surface area is 208 Å². The predicted molar refractivity (Wildman–Crippen MR) is 123 cm³/mol. The number of hydrogen-bond donors (Lipinski definition) is 0. The summed E-state index contributed by atoms with van der Waals surface area (Å²) in [5.41, 5.74) is 1.14. The van der Waals surface area contributed by atoms with Gasteiger partial charge in [-0.2, -0.15) is 0 Å². The first-order valence-corrected chi connectivity index (χ1v) is 11.2. The minimum Gasteiger partial charge on any atom is -0.466 e. The van der Waals surface area contributed by atoms with Gasteiger partial charge in [0.1, 0.15) is 18.8 Å². The van der Waals surface area contributed by atoms with Crippen LogP contribution < -0.4 is 0 Å². The molecule has 1 saturated heterocycles. The Hall–Kier alpha value is -3.73. The Kier molecular flexibility index (Phi) is 10.6. The lowest BCUT2D eigenvalue weighted by Crippen LogP contribution is -2.62. The molecule has 0 amide bonds. The van der Waals surface area contributed by atoms with Gasteiger partial charge in [-0.1, -0.05) is 30.3 Å². The van der Waals surface area contributed by atoms with Crippen molar-refractivity contribution in [2.75, 3.05) is 13.7 Å². The fourth-order valence-corrected chi connectivity index (χ4v) is 3.81. The van der Waals surface area contributed by atoms with E-state index >= 15 is 0 Å². The highest BCUT2D eigenvalue weighted by Crippen LogP contribution is 2.34. The molecule has 1 fully saturated rings. The number of rotatable bonds is 9. The molecular formula is C25H30O11. The van der Waals surface area contributed by atoms with Gasteiger partial charge in [0.15, 0.2) is 18.3 Å². The molecule has 1 heterocycles. The molecule has 1 aromatic carbocycles. The number of benzene rings is 1. The van der Waals surface area contributed by atoms with Crippen molar-refractivity contribution in [3.8, 4) is 0 Å². The number of methoxy groups -OCH3 is 1. The third-order valence-electron chi connectivity index (χ3n) is 5.15. The minimum absolute atomic E-state index is 0.00180. The number of esters is 5. The van der Waals surface area contributed by atoms with Crippen molar-refractivity contribution in [2.45, 2.75) is 64.6 Å². The molecule has 2 rings (SSSR count). The Morgan fingerprint density at radius 3 is 1.81 bits per heavy atom. The van der Waals surface area contributed by atoms with Gasteiger partial charge in [-0.3, -0.25) is 19.2 Å². The average molecular weight is 507 g/mol. The molecule has 1 aromatic rings. The summed E-state index contributed by atoms with van der Waals surface area (Å²) >= 11 is 0. The van der Waals surface area contributed by atoms with Gasteiger partial charge in [0.25, 0.3) is 0 Å². The zero-order chi connectivity index (χ0) is 26.8. The standard InChI is InChI=1S/C25H30O11/c1-14(26)32-13-21-24(34-16(3)28)25(35-17(4)29)23(33-15(2)27)20(36-21)11-19(12-22(30)31-5)18-9-7-6-8-10-18/h6-10,12,20-21,23-25H,11,13H2,1-5H3/b19-12+/t20-,21-,23-,24-,25-/m1/s1. The highest BCUT2D eigenvalue weighted by molar-refractivity contribution is 5.91. The van der Waals surface area contributed by atoms with E-state index < -0.39 is 60.4 Å². The number of hydrogen-bond acceptors (Lipinski definition) is 11. The van der Waals surface area contributed by atoms with Crippen molar-refractivity contribution < 1.29 is 52.4 Å². The first-order valence-electron chi connectivity index (χ1n) is 11.2. The molecule has 0 N–H and O–H groups in total. The Balaban J connectivity index is 2.56. The Bertz CT molecular complexity index is 985.